The molecule has 1 aliphatic carbocycles. The molecule has 0 radical (unpaired) electrons. The van der Waals surface area contributed by atoms with Crippen molar-refractivity contribution in [3.63, 3.8) is 0 Å². The highest BCUT2D eigenvalue weighted by Crippen LogP contribution is 2.33. The summed E-state index contributed by atoms with van der Waals surface area (Å²) < 4.78 is 3.74. The van der Waals surface area contributed by atoms with Gasteiger partial charge in [0, 0.05) is 30.3 Å². The van der Waals surface area contributed by atoms with Crippen LogP contribution in [-0.2, 0) is 6.54 Å². The van der Waals surface area contributed by atoms with E-state index in [1.165, 1.54) is 0 Å². The average Bonchev–Trinajstić information content (AvgIpc) is 3.00. The van der Waals surface area contributed by atoms with Crippen molar-refractivity contribution in [3.8, 4) is 0 Å². The van der Waals surface area contributed by atoms with Gasteiger partial charge in [0.1, 0.15) is 0 Å². The topological polar surface area (TPSA) is 26.9 Å². The summed E-state index contributed by atoms with van der Waals surface area (Å²) in [5, 5.41) is 0.928. The molecule has 2 rings (SSSR count). The van der Waals surface area contributed by atoms with Gasteiger partial charge in [-0.15, -0.1) is 0 Å². The molecule has 0 aliphatic heterocycles. The summed E-state index contributed by atoms with van der Waals surface area (Å²) in [5.74, 6) is 0.468. The van der Waals surface area contributed by atoms with Gasteiger partial charge in [0.25, 0.3) is 0 Å². The van der Waals surface area contributed by atoms with Crippen molar-refractivity contribution in [2.45, 2.75) is 46.2 Å². The highest BCUT2D eigenvalue weighted by Gasteiger charge is 2.28. The number of rotatable bonds is 4. The molecule has 0 spiro atoms. The maximum atomic E-state index is 12.1. The molecule has 1 atom stereocenters. The maximum absolute atomic E-state index is 12.1. The van der Waals surface area contributed by atoms with E-state index in [1.54, 1.807) is 0 Å². The van der Waals surface area contributed by atoms with Gasteiger partial charge in [-0.05, 0) is 24.2 Å². The second-order valence-electron chi connectivity index (χ2n) is 6.09. The lowest BCUT2D eigenvalue weighted by Gasteiger charge is -2.29. The molecule has 1 aromatic rings. The molecule has 0 aromatic carbocycles. The number of halogens is 1. The van der Waals surface area contributed by atoms with Crippen molar-refractivity contribution >= 4 is 15.9 Å². The SMILES string of the molecule is CC(C)(C)C(CBr)Cn1ccn(C2CC2)c1=O. The standard InChI is InChI=1S/C13H21BrN2O/c1-13(2,3)10(8-14)9-15-6-7-16(12(15)17)11-4-5-11/h6-7,10-11H,4-5,8-9H2,1-3H3. The summed E-state index contributed by atoms with van der Waals surface area (Å²) >= 11 is 3.56. The van der Waals surface area contributed by atoms with Crippen molar-refractivity contribution in [1.29, 1.82) is 0 Å². The fourth-order valence-electron chi connectivity index (χ4n) is 1.99. The van der Waals surface area contributed by atoms with Crippen LogP contribution in [0.1, 0.15) is 39.7 Å². The molecule has 96 valence electrons. The molecule has 3 nitrogen and oxygen atoms in total. The van der Waals surface area contributed by atoms with Crippen LogP contribution in [-0.4, -0.2) is 14.5 Å². The maximum Gasteiger partial charge on any atom is 0.328 e. The zero-order chi connectivity index (χ0) is 12.6. The number of aromatic nitrogens is 2. The fraction of sp³-hybridized carbons (Fsp3) is 0.769. The molecule has 1 aromatic heterocycles. The van der Waals surface area contributed by atoms with Gasteiger partial charge in [0.05, 0.1) is 0 Å². The Hall–Kier alpha value is -0.510. The largest absolute Gasteiger partial charge is 0.328 e. The summed E-state index contributed by atoms with van der Waals surface area (Å²) in [5.41, 5.74) is 0.368. The molecule has 1 aliphatic rings. The van der Waals surface area contributed by atoms with Gasteiger partial charge in [0.15, 0.2) is 0 Å². The lowest BCUT2D eigenvalue weighted by molar-refractivity contribution is 0.237. The first-order chi connectivity index (χ1) is 7.93. The normalized spacial score (nSPS) is 18.4. The predicted octanol–water partition coefficient (Wildman–Crippen LogP) is 3.04. The summed E-state index contributed by atoms with van der Waals surface area (Å²) in [6, 6.07) is 0.473. The quantitative estimate of drug-likeness (QED) is 0.785. The van der Waals surface area contributed by atoms with Gasteiger partial charge in [-0.2, -0.15) is 0 Å². The lowest BCUT2D eigenvalue weighted by Crippen LogP contribution is -2.32. The summed E-state index contributed by atoms with van der Waals surface area (Å²) in [7, 11) is 0. The van der Waals surface area contributed by atoms with Crippen LogP contribution in [0.2, 0.25) is 0 Å². The Morgan fingerprint density at radius 3 is 2.53 bits per heavy atom. The number of hydrogen-bond acceptors (Lipinski definition) is 1. The average molecular weight is 301 g/mol. The molecule has 1 heterocycles. The molecule has 1 unspecified atom stereocenters. The monoisotopic (exact) mass is 300 g/mol. The molecular weight excluding hydrogens is 280 g/mol. The highest BCUT2D eigenvalue weighted by molar-refractivity contribution is 9.09. The van der Waals surface area contributed by atoms with E-state index in [-0.39, 0.29) is 11.1 Å². The molecule has 0 saturated heterocycles. The Bertz CT molecular complexity index is 437. The van der Waals surface area contributed by atoms with Crippen LogP contribution in [0, 0.1) is 11.3 Å². The molecular formula is C13H21BrN2O. The van der Waals surface area contributed by atoms with Crippen LogP contribution in [0.25, 0.3) is 0 Å². The van der Waals surface area contributed by atoms with Gasteiger partial charge in [-0.1, -0.05) is 36.7 Å². The van der Waals surface area contributed by atoms with Crippen LogP contribution in [0.15, 0.2) is 17.2 Å². The van der Waals surface area contributed by atoms with E-state index >= 15 is 0 Å². The first-order valence-corrected chi connectivity index (χ1v) is 7.39. The molecule has 1 fully saturated rings. The smallest absolute Gasteiger partial charge is 0.299 e. The van der Waals surface area contributed by atoms with Crippen molar-refractivity contribution in [2.75, 3.05) is 5.33 Å². The minimum atomic E-state index is 0.155. The van der Waals surface area contributed by atoms with E-state index < -0.39 is 0 Å². The third-order valence-electron chi connectivity index (χ3n) is 3.64. The Morgan fingerprint density at radius 2 is 2.06 bits per heavy atom. The molecule has 1 saturated carbocycles. The minimum Gasteiger partial charge on any atom is -0.299 e. The van der Waals surface area contributed by atoms with E-state index in [9.17, 15) is 4.79 Å². The van der Waals surface area contributed by atoms with Crippen molar-refractivity contribution in [1.82, 2.24) is 9.13 Å². The second-order valence-corrected chi connectivity index (χ2v) is 6.74. The van der Waals surface area contributed by atoms with E-state index in [0.29, 0.717) is 12.0 Å². The van der Waals surface area contributed by atoms with Crippen LogP contribution in [0.5, 0.6) is 0 Å². The third kappa shape index (κ3) is 2.84. The van der Waals surface area contributed by atoms with Crippen molar-refractivity contribution < 1.29 is 0 Å². The first kappa shape index (κ1) is 12.9. The number of alkyl halides is 1. The van der Waals surface area contributed by atoms with Gasteiger partial charge < -0.3 is 0 Å². The van der Waals surface area contributed by atoms with Gasteiger partial charge in [-0.25, -0.2) is 4.79 Å². The number of nitrogens with zero attached hydrogens (tertiary/aromatic N) is 2. The summed E-state index contributed by atoms with van der Waals surface area (Å²) in [4.78, 5) is 12.1. The zero-order valence-electron chi connectivity index (χ0n) is 10.8. The lowest BCUT2D eigenvalue weighted by atomic mass is 9.82. The van der Waals surface area contributed by atoms with Crippen molar-refractivity contribution in [3.05, 3.63) is 22.9 Å². The molecule has 17 heavy (non-hydrogen) atoms. The summed E-state index contributed by atoms with van der Waals surface area (Å²) in [6.45, 7) is 7.47. The van der Waals surface area contributed by atoms with Gasteiger partial charge >= 0.3 is 5.69 Å². The van der Waals surface area contributed by atoms with E-state index in [4.69, 9.17) is 0 Å². The number of imidazole rings is 1. The molecule has 0 bridgehead atoms. The van der Waals surface area contributed by atoms with E-state index in [0.717, 1.165) is 24.7 Å². The fourth-order valence-corrected chi connectivity index (χ4v) is 3.17. The van der Waals surface area contributed by atoms with E-state index in [1.807, 2.05) is 21.5 Å². The van der Waals surface area contributed by atoms with Crippen LogP contribution >= 0.6 is 15.9 Å². The van der Waals surface area contributed by atoms with E-state index in [2.05, 4.69) is 36.7 Å². The minimum absolute atomic E-state index is 0.155. The Labute approximate surface area is 111 Å². The van der Waals surface area contributed by atoms with Crippen LogP contribution in [0.4, 0.5) is 0 Å². The molecule has 4 heteroatoms. The Morgan fingerprint density at radius 1 is 1.41 bits per heavy atom. The predicted molar refractivity (Wildman–Crippen MR) is 73.7 cm³/mol. The van der Waals surface area contributed by atoms with Gasteiger partial charge in [-0.3, -0.25) is 9.13 Å². The van der Waals surface area contributed by atoms with Crippen LogP contribution < -0.4 is 5.69 Å². The van der Waals surface area contributed by atoms with Crippen LogP contribution in [0.3, 0.4) is 0 Å². The number of hydrogen-bond donors (Lipinski definition) is 0. The third-order valence-corrected chi connectivity index (χ3v) is 4.42. The van der Waals surface area contributed by atoms with Gasteiger partial charge in [0.2, 0.25) is 0 Å². The Kier molecular flexibility index (Phi) is 3.53. The molecule has 0 N–H and O–H groups in total. The summed E-state index contributed by atoms with van der Waals surface area (Å²) in [6.07, 6.45) is 6.19. The second kappa shape index (κ2) is 4.63. The van der Waals surface area contributed by atoms with Crippen molar-refractivity contribution in [2.24, 2.45) is 11.3 Å². The molecule has 0 amide bonds. The zero-order valence-corrected chi connectivity index (χ0v) is 12.4. The Balaban J connectivity index is 2.15. The first-order valence-electron chi connectivity index (χ1n) is 6.26. The highest BCUT2D eigenvalue weighted by atomic mass is 79.9.